The molecule has 1 saturated carbocycles. The molecule has 3 heterocycles. The van der Waals surface area contributed by atoms with Gasteiger partial charge in [-0.15, -0.1) is 17.9 Å². The first-order valence-electron chi connectivity index (χ1n) is 13.4. The topological polar surface area (TPSA) is 96.3 Å². The number of ketones is 1. The van der Waals surface area contributed by atoms with Crippen molar-refractivity contribution in [1.82, 2.24) is 4.90 Å². The van der Waals surface area contributed by atoms with E-state index in [1.807, 2.05) is 29.7 Å². The fraction of sp³-hybridized carbons (Fsp3) is 0.517. The maximum Gasteiger partial charge on any atom is 0.264 e. The number of aliphatic hydroxyl groups excluding tert-OH is 2. The second kappa shape index (κ2) is 12.3. The monoisotopic (exact) mass is 635 g/mol. The van der Waals surface area contributed by atoms with Crippen molar-refractivity contribution in [3.8, 4) is 11.5 Å². The Morgan fingerprint density at radius 1 is 1.36 bits per heavy atom. The van der Waals surface area contributed by atoms with Crippen molar-refractivity contribution in [3.63, 3.8) is 0 Å². The van der Waals surface area contributed by atoms with Gasteiger partial charge in [0.25, 0.3) is 5.91 Å². The Hall–Kier alpha value is -1.85. The summed E-state index contributed by atoms with van der Waals surface area (Å²) in [4.78, 5) is 29.1. The zero-order chi connectivity index (χ0) is 27.6. The molecule has 1 aromatic heterocycles. The van der Waals surface area contributed by atoms with Crippen LogP contribution in [0.25, 0.3) is 0 Å². The van der Waals surface area contributed by atoms with Gasteiger partial charge in [0, 0.05) is 36.0 Å². The van der Waals surface area contributed by atoms with Crippen LogP contribution >= 0.6 is 39.0 Å². The molecule has 2 aromatic rings. The summed E-state index contributed by atoms with van der Waals surface area (Å²) in [5, 5.41) is 22.0. The zero-order valence-corrected chi connectivity index (χ0v) is 25.0. The number of allylic oxidation sites excluding steroid dienone is 1. The fourth-order valence-electron chi connectivity index (χ4n) is 6.29. The van der Waals surface area contributed by atoms with Crippen LogP contribution in [0.3, 0.4) is 0 Å². The van der Waals surface area contributed by atoms with Crippen LogP contribution in [0.1, 0.15) is 59.3 Å². The quantitative estimate of drug-likeness (QED) is 0.262. The van der Waals surface area contributed by atoms with E-state index in [4.69, 9.17) is 9.47 Å². The summed E-state index contributed by atoms with van der Waals surface area (Å²) in [6.07, 6.45) is 5.36. The van der Waals surface area contributed by atoms with Crippen molar-refractivity contribution in [1.29, 1.82) is 0 Å². The molecule has 1 fully saturated rings. The van der Waals surface area contributed by atoms with Crippen molar-refractivity contribution in [2.24, 2.45) is 0 Å². The fourth-order valence-corrected chi connectivity index (χ4v) is 8.84. The number of thioether (sulfide) groups is 1. The Bertz CT molecular complexity index is 1220. The van der Waals surface area contributed by atoms with Crippen molar-refractivity contribution in [3.05, 3.63) is 56.7 Å². The molecule has 0 radical (unpaired) electrons. The van der Waals surface area contributed by atoms with Gasteiger partial charge in [-0.1, -0.05) is 12.1 Å². The number of carbonyl (C=O) groups excluding carboxylic acids is 2. The number of hydrogen-bond donors (Lipinski definition) is 2. The Morgan fingerprint density at radius 2 is 2.21 bits per heavy atom. The highest BCUT2D eigenvalue weighted by Crippen LogP contribution is 2.61. The van der Waals surface area contributed by atoms with Gasteiger partial charge >= 0.3 is 0 Å². The van der Waals surface area contributed by atoms with Crippen LogP contribution in [-0.2, 0) is 16.8 Å². The van der Waals surface area contributed by atoms with E-state index in [1.165, 1.54) is 11.3 Å². The third-order valence-corrected chi connectivity index (χ3v) is 11.0. The summed E-state index contributed by atoms with van der Waals surface area (Å²) >= 11 is 6.72. The first kappa shape index (κ1) is 28.7. The first-order chi connectivity index (χ1) is 18.9. The highest BCUT2D eigenvalue weighted by Gasteiger charge is 2.61. The highest BCUT2D eigenvalue weighted by molar-refractivity contribution is 9.10. The number of unbranched alkanes of at least 4 members (excludes halogenated alkanes) is 2. The average molecular weight is 637 g/mol. The molecule has 1 amide bonds. The molecule has 2 aliphatic heterocycles. The Balaban J connectivity index is 1.62. The maximum absolute atomic E-state index is 13.7. The zero-order valence-electron chi connectivity index (χ0n) is 21.8. The molecule has 2 N–H and O–H groups in total. The van der Waals surface area contributed by atoms with Gasteiger partial charge in [0.2, 0.25) is 0 Å². The number of rotatable bonds is 11. The third kappa shape index (κ3) is 5.30. The highest BCUT2D eigenvalue weighted by atomic mass is 79.9. The van der Waals surface area contributed by atoms with Gasteiger partial charge in [-0.2, -0.15) is 11.8 Å². The molecule has 1 unspecified atom stereocenters. The third-order valence-electron chi connectivity index (χ3n) is 8.00. The van der Waals surface area contributed by atoms with Gasteiger partial charge in [0.15, 0.2) is 0 Å². The van der Waals surface area contributed by atoms with Crippen molar-refractivity contribution in [2.45, 2.75) is 67.9 Å². The van der Waals surface area contributed by atoms with Gasteiger partial charge in [-0.3, -0.25) is 9.59 Å². The first-order valence-corrected chi connectivity index (χ1v) is 16.1. The van der Waals surface area contributed by atoms with Crippen LogP contribution in [0.15, 0.2) is 40.7 Å². The number of halogens is 1. The molecule has 0 bridgehead atoms. The van der Waals surface area contributed by atoms with Crippen LogP contribution in [0.5, 0.6) is 11.5 Å². The molecule has 1 spiro atoms. The van der Waals surface area contributed by atoms with E-state index < -0.39 is 17.6 Å². The number of Topliss-reactive ketones (excluding diaryl/α,β-unsaturated/α-hetero) is 1. The Kier molecular flexibility index (Phi) is 9.08. The number of carbonyl (C=O) groups is 2. The van der Waals surface area contributed by atoms with E-state index in [9.17, 15) is 19.8 Å². The molecule has 4 atom stereocenters. The van der Waals surface area contributed by atoms with Gasteiger partial charge in [-0.25, -0.2) is 0 Å². The van der Waals surface area contributed by atoms with Crippen LogP contribution < -0.4 is 9.47 Å². The van der Waals surface area contributed by atoms with E-state index in [2.05, 4.69) is 22.5 Å². The number of nitrogens with zero attached hydrogens (tertiary/aromatic N) is 1. The Morgan fingerprint density at radius 3 is 2.92 bits per heavy atom. The van der Waals surface area contributed by atoms with E-state index in [-0.39, 0.29) is 36.6 Å². The largest absolute Gasteiger partial charge is 0.492 e. The average Bonchev–Trinajstić information content (AvgIpc) is 3.55. The molecule has 39 heavy (non-hydrogen) atoms. The molecule has 5 rings (SSSR count). The minimum Gasteiger partial charge on any atom is -0.492 e. The number of thiophene rings is 1. The standard InChI is InChI=1S/C29H34BrNO6S2/c1-2-3-4-5-9-36-21-12-18-16-31(28(35)22-7-6-10-38-22)19(17-33)15-29-23(37-27(25(18)29)26(21)30)13-20(34)14-24(29)39-11-8-32/h2,6-7,10,12,19,23-24,32-33H,1,3-5,8-9,11,13-17H2/t19-,23+,24+,29?/m0/s1. The van der Waals surface area contributed by atoms with Crippen molar-refractivity contribution >= 4 is 50.7 Å². The van der Waals surface area contributed by atoms with E-state index >= 15 is 0 Å². The Labute approximate surface area is 245 Å². The maximum atomic E-state index is 13.7. The normalized spacial score (nSPS) is 25.5. The van der Waals surface area contributed by atoms with Crippen molar-refractivity contribution in [2.75, 3.05) is 25.6 Å². The second-order valence-electron chi connectivity index (χ2n) is 10.3. The van der Waals surface area contributed by atoms with Crippen LogP contribution in [-0.4, -0.2) is 69.8 Å². The van der Waals surface area contributed by atoms with Crippen LogP contribution in [0.2, 0.25) is 0 Å². The molecule has 1 aromatic carbocycles. The number of hydrogen-bond acceptors (Lipinski definition) is 8. The van der Waals surface area contributed by atoms with E-state index in [0.29, 0.717) is 48.1 Å². The SMILES string of the molecule is C=CCCCCOc1cc2c3c(c1Br)O[C@@H]1CC(=O)C[C@@H](SCCO)C31C[C@@H](CO)N(C(=O)c1cccs1)C2. The molecule has 210 valence electrons. The molecule has 10 heteroatoms. The van der Waals surface area contributed by atoms with Crippen LogP contribution in [0, 0.1) is 0 Å². The summed E-state index contributed by atoms with van der Waals surface area (Å²) < 4.78 is 13.6. The molecule has 1 aliphatic carbocycles. The number of aliphatic hydroxyl groups is 2. The minimum atomic E-state index is -0.596. The lowest BCUT2D eigenvalue weighted by Crippen LogP contribution is -2.55. The molecule has 3 aliphatic rings. The summed E-state index contributed by atoms with van der Waals surface area (Å²) in [6, 6.07) is 5.21. The van der Waals surface area contributed by atoms with Crippen molar-refractivity contribution < 1.29 is 29.3 Å². The molecular formula is C29H34BrNO6S2. The minimum absolute atomic E-state index is 0.00538. The lowest BCUT2D eigenvalue weighted by Gasteiger charge is -2.45. The smallest absolute Gasteiger partial charge is 0.264 e. The van der Waals surface area contributed by atoms with E-state index in [0.717, 1.165) is 34.9 Å². The molecular weight excluding hydrogens is 602 g/mol. The lowest BCUT2D eigenvalue weighted by atomic mass is 9.64. The number of ether oxygens (including phenoxy) is 2. The van der Waals surface area contributed by atoms with Gasteiger partial charge in [0.1, 0.15) is 27.9 Å². The predicted octanol–water partition coefficient (Wildman–Crippen LogP) is 5.11. The number of benzene rings is 1. The second-order valence-corrected chi connectivity index (χ2v) is 13.4. The molecule has 7 nitrogen and oxygen atoms in total. The van der Waals surface area contributed by atoms with Gasteiger partial charge < -0.3 is 24.6 Å². The molecule has 0 saturated heterocycles. The summed E-state index contributed by atoms with van der Waals surface area (Å²) in [6.45, 7) is 4.41. The van der Waals surface area contributed by atoms with Crippen LogP contribution in [0.4, 0.5) is 0 Å². The summed E-state index contributed by atoms with van der Waals surface area (Å²) in [5.74, 6) is 1.82. The summed E-state index contributed by atoms with van der Waals surface area (Å²) in [5.41, 5.74) is 1.32. The predicted molar refractivity (Wildman–Crippen MR) is 157 cm³/mol. The van der Waals surface area contributed by atoms with E-state index in [1.54, 1.807) is 16.7 Å². The summed E-state index contributed by atoms with van der Waals surface area (Å²) in [7, 11) is 0. The van der Waals surface area contributed by atoms with Gasteiger partial charge in [-0.05, 0) is 64.7 Å². The van der Waals surface area contributed by atoms with Gasteiger partial charge in [0.05, 0.1) is 36.2 Å². The lowest BCUT2D eigenvalue weighted by molar-refractivity contribution is -0.124. The number of amides is 1.